The van der Waals surface area contributed by atoms with Gasteiger partial charge >= 0.3 is 5.97 Å². The van der Waals surface area contributed by atoms with E-state index in [1.165, 1.54) is 0 Å². The predicted octanol–water partition coefficient (Wildman–Crippen LogP) is 2.98. The van der Waals surface area contributed by atoms with Crippen molar-refractivity contribution in [1.82, 2.24) is 19.7 Å². The largest absolute Gasteiger partial charge is 0.465 e. The van der Waals surface area contributed by atoms with Crippen molar-refractivity contribution in [2.75, 3.05) is 23.8 Å². The first-order chi connectivity index (χ1) is 12.2. The molecule has 0 spiro atoms. The van der Waals surface area contributed by atoms with Crippen LogP contribution >= 0.6 is 15.9 Å². The second kappa shape index (κ2) is 6.62. The van der Waals surface area contributed by atoms with Crippen molar-refractivity contribution < 1.29 is 9.53 Å². The van der Waals surface area contributed by atoms with Crippen molar-refractivity contribution in [2.24, 2.45) is 0 Å². The monoisotopic (exact) mass is 406 g/mol. The first-order valence-electron chi connectivity index (χ1n) is 8.45. The molecule has 1 saturated carbocycles. The number of cyclic esters (lactones) is 1. The molecule has 132 valence electrons. The minimum absolute atomic E-state index is 0.193. The van der Waals surface area contributed by atoms with Gasteiger partial charge in [-0.05, 0) is 35.7 Å². The van der Waals surface area contributed by atoms with Gasteiger partial charge in [0, 0.05) is 25.2 Å². The average Bonchev–Trinajstić information content (AvgIpc) is 3.22. The Morgan fingerprint density at radius 2 is 2.24 bits per heavy atom. The average molecular weight is 407 g/mol. The van der Waals surface area contributed by atoms with Crippen LogP contribution in [0.5, 0.6) is 0 Å². The summed E-state index contributed by atoms with van der Waals surface area (Å²) in [5.41, 5.74) is 0.751. The summed E-state index contributed by atoms with van der Waals surface area (Å²) < 4.78 is 7.83. The number of ether oxygens (including phenoxy) is 1. The van der Waals surface area contributed by atoms with E-state index < -0.39 is 0 Å². The fourth-order valence-electron chi connectivity index (χ4n) is 2.87. The normalized spacial score (nSPS) is 19.8. The third-order valence-electron chi connectivity index (χ3n) is 4.27. The number of rotatable bonds is 6. The third kappa shape index (κ3) is 3.33. The molecule has 0 bridgehead atoms. The Morgan fingerprint density at radius 1 is 1.40 bits per heavy atom. The van der Waals surface area contributed by atoms with Crippen LogP contribution in [-0.4, -0.2) is 38.9 Å². The van der Waals surface area contributed by atoms with Crippen molar-refractivity contribution >= 4 is 39.5 Å². The van der Waals surface area contributed by atoms with Crippen LogP contribution < -0.4 is 10.6 Å². The first kappa shape index (κ1) is 16.3. The highest BCUT2D eigenvalue weighted by Crippen LogP contribution is 2.39. The zero-order valence-electron chi connectivity index (χ0n) is 13.8. The SMILES string of the molecule is CCNc1nc(Nc2cc(C3CCOC3=O)nn2C2CC2)ncc1Br. The maximum Gasteiger partial charge on any atom is 0.315 e. The van der Waals surface area contributed by atoms with E-state index in [1.807, 2.05) is 17.7 Å². The summed E-state index contributed by atoms with van der Waals surface area (Å²) >= 11 is 3.44. The molecule has 1 unspecified atom stereocenters. The fourth-order valence-corrected chi connectivity index (χ4v) is 3.20. The fraction of sp³-hybridized carbons (Fsp3) is 0.500. The molecule has 25 heavy (non-hydrogen) atoms. The topological polar surface area (TPSA) is 94.0 Å². The molecule has 1 aliphatic carbocycles. The molecule has 2 aromatic heterocycles. The predicted molar refractivity (Wildman–Crippen MR) is 96.0 cm³/mol. The van der Waals surface area contributed by atoms with Crippen LogP contribution in [0.25, 0.3) is 0 Å². The van der Waals surface area contributed by atoms with E-state index in [0.29, 0.717) is 25.0 Å². The van der Waals surface area contributed by atoms with Gasteiger partial charge in [-0.1, -0.05) is 0 Å². The number of carbonyl (C=O) groups excluding carboxylic acids is 1. The molecule has 1 atom stereocenters. The summed E-state index contributed by atoms with van der Waals surface area (Å²) in [5, 5.41) is 11.1. The Morgan fingerprint density at radius 3 is 2.92 bits per heavy atom. The van der Waals surface area contributed by atoms with E-state index in [4.69, 9.17) is 4.74 Å². The molecule has 2 aliphatic rings. The van der Waals surface area contributed by atoms with Crippen LogP contribution in [-0.2, 0) is 9.53 Å². The summed E-state index contributed by atoms with van der Waals surface area (Å²) in [5.74, 6) is 1.56. The highest BCUT2D eigenvalue weighted by atomic mass is 79.9. The van der Waals surface area contributed by atoms with E-state index in [1.54, 1.807) is 6.20 Å². The lowest BCUT2D eigenvalue weighted by Gasteiger charge is -2.10. The quantitative estimate of drug-likeness (QED) is 0.711. The van der Waals surface area contributed by atoms with Crippen LogP contribution in [0.15, 0.2) is 16.7 Å². The highest BCUT2D eigenvalue weighted by Gasteiger charge is 2.34. The zero-order chi connectivity index (χ0) is 17.4. The minimum Gasteiger partial charge on any atom is -0.465 e. The van der Waals surface area contributed by atoms with E-state index >= 15 is 0 Å². The Hall–Kier alpha value is -2.16. The Labute approximate surface area is 153 Å². The van der Waals surface area contributed by atoms with Gasteiger partial charge in [0.25, 0.3) is 0 Å². The summed E-state index contributed by atoms with van der Waals surface area (Å²) in [7, 11) is 0. The van der Waals surface area contributed by atoms with E-state index in [2.05, 4.69) is 41.6 Å². The third-order valence-corrected chi connectivity index (χ3v) is 4.85. The van der Waals surface area contributed by atoms with Gasteiger partial charge in [-0.3, -0.25) is 4.79 Å². The van der Waals surface area contributed by atoms with Crippen LogP contribution in [0.2, 0.25) is 0 Å². The molecule has 1 aliphatic heterocycles. The van der Waals surface area contributed by atoms with Gasteiger partial charge in [0.2, 0.25) is 5.95 Å². The molecule has 2 N–H and O–H groups in total. The first-order valence-corrected chi connectivity index (χ1v) is 9.24. The van der Waals surface area contributed by atoms with Gasteiger partial charge in [-0.15, -0.1) is 0 Å². The van der Waals surface area contributed by atoms with E-state index in [-0.39, 0.29) is 11.9 Å². The van der Waals surface area contributed by atoms with Crippen LogP contribution in [0.4, 0.5) is 17.6 Å². The van der Waals surface area contributed by atoms with Crippen LogP contribution in [0.1, 0.15) is 43.8 Å². The van der Waals surface area contributed by atoms with E-state index in [9.17, 15) is 4.79 Å². The number of nitrogens with zero attached hydrogens (tertiary/aromatic N) is 4. The standard InChI is InChI=1S/C16H19BrN6O2/c1-2-18-14-11(17)8-19-16(21-14)20-13-7-12(10-5-6-25-15(10)24)22-23(13)9-3-4-9/h7-10H,2-6H2,1H3,(H2,18,19,20,21). The summed E-state index contributed by atoms with van der Waals surface area (Å²) in [6, 6.07) is 2.28. The maximum atomic E-state index is 11.9. The van der Waals surface area contributed by atoms with Crippen LogP contribution in [0, 0.1) is 0 Å². The highest BCUT2D eigenvalue weighted by molar-refractivity contribution is 9.10. The van der Waals surface area contributed by atoms with Gasteiger partial charge in [0.15, 0.2) is 0 Å². The molecular formula is C16H19BrN6O2. The molecule has 0 aromatic carbocycles. The van der Waals surface area contributed by atoms with Crippen molar-refractivity contribution in [2.45, 2.75) is 38.1 Å². The van der Waals surface area contributed by atoms with Crippen molar-refractivity contribution in [1.29, 1.82) is 0 Å². The Kier molecular flexibility index (Phi) is 4.32. The van der Waals surface area contributed by atoms with Gasteiger partial charge in [-0.25, -0.2) is 9.67 Å². The number of hydrogen-bond acceptors (Lipinski definition) is 7. The number of hydrogen-bond donors (Lipinski definition) is 2. The maximum absolute atomic E-state index is 11.9. The Balaban J connectivity index is 1.62. The number of carbonyl (C=O) groups is 1. The zero-order valence-corrected chi connectivity index (χ0v) is 15.4. The molecule has 3 heterocycles. The van der Waals surface area contributed by atoms with Gasteiger partial charge in [0.05, 0.1) is 22.8 Å². The van der Waals surface area contributed by atoms with Gasteiger partial charge in [0.1, 0.15) is 17.6 Å². The number of halogens is 1. The second-order valence-electron chi connectivity index (χ2n) is 6.18. The van der Waals surface area contributed by atoms with Gasteiger partial charge in [-0.2, -0.15) is 10.1 Å². The number of nitrogens with one attached hydrogen (secondary N) is 2. The lowest BCUT2D eigenvalue weighted by atomic mass is 10.1. The molecule has 8 nitrogen and oxygen atoms in total. The van der Waals surface area contributed by atoms with Gasteiger partial charge < -0.3 is 15.4 Å². The summed E-state index contributed by atoms with van der Waals surface area (Å²) in [4.78, 5) is 20.7. The number of anilines is 3. The lowest BCUT2D eigenvalue weighted by Crippen LogP contribution is -2.08. The molecule has 1 saturated heterocycles. The van der Waals surface area contributed by atoms with Crippen molar-refractivity contribution in [3.05, 3.63) is 22.4 Å². The molecule has 4 rings (SSSR count). The number of esters is 1. The minimum atomic E-state index is -0.274. The molecule has 0 radical (unpaired) electrons. The molecule has 0 amide bonds. The summed E-state index contributed by atoms with van der Waals surface area (Å²) in [6.07, 6.45) is 4.57. The lowest BCUT2D eigenvalue weighted by molar-refractivity contribution is -0.139. The smallest absolute Gasteiger partial charge is 0.315 e. The number of aromatic nitrogens is 4. The molecule has 9 heteroatoms. The van der Waals surface area contributed by atoms with Crippen molar-refractivity contribution in [3.8, 4) is 0 Å². The summed E-state index contributed by atoms with van der Waals surface area (Å²) in [6.45, 7) is 3.24. The second-order valence-corrected chi connectivity index (χ2v) is 7.04. The Bertz CT molecular complexity index is 804. The molecule has 2 aromatic rings. The molecule has 2 fully saturated rings. The van der Waals surface area contributed by atoms with Crippen LogP contribution in [0.3, 0.4) is 0 Å². The van der Waals surface area contributed by atoms with Crippen molar-refractivity contribution in [3.63, 3.8) is 0 Å². The molecular weight excluding hydrogens is 388 g/mol. The van der Waals surface area contributed by atoms with E-state index in [0.717, 1.165) is 41.2 Å².